The Morgan fingerprint density at radius 2 is 1.88 bits per heavy atom. The van der Waals surface area contributed by atoms with Gasteiger partial charge in [-0.3, -0.25) is 9.52 Å². The molecule has 0 aliphatic carbocycles. The van der Waals surface area contributed by atoms with Crippen LogP contribution in [0.3, 0.4) is 0 Å². The lowest BCUT2D eigenvalue weighted by Crippen LogP contribution is -2.14. The number of halogens is 1. The first-order chi connectivity index (χ1) is 11.8. The van der Waals surface area contributed by atoms with Crippen LogP contribution in [0.4, 0.5) is 11.4 Å². The Kier molecular flexibility index (Phi) is 6.57. The van der Waals surface area contributed by atoms with E-state index in [-0.39, 0.29) is 11.7 Å². The van der Waals surface area contributed by atoms with Crippen LogP contribution in [-0.2, 0) is 14.8 Å². The highest BCUT2D eigenvalue weighted by Gasteiger charge is 2.11. The number of nitrogens with one attached hydrogen (secondary N) is 2. The van der Waals surface area contributed by atoms with Crippen molar-refractivity contribution in [1.82, 2.24) is 0 Å². The fourth-order valence-corrected chi connectivity index (χ4v) is 3.32. The third-order valence-corrected chi connectivity index (χ3v) is 4.82. The molecule has 0 saturated heterocycles. The number of sulfonamides is 1. The highest BCUT2D eigenvalue weighted by atomic mass is 35.5. The lowest BCUT2D eigenvalue weighted by Gasteiger charge is -2.12. The van der Waals surface area contributed by atoms with E-state index in [2.05, 4.69) is 10.0 Å². The Hall–Kier alpha value is -1.90. The zero-order valence-electron chi connectivity index (χ0n) is 13.6. The van der Waals surface area contributed by atoms with Crippen molar-refractivity contribution in [1.29, 1.82) is 0 Å². The number of thioether (sulfide) groups is 1. The lowest BCUT2D eigenvalue weighted by molar-refractivity contribution is -0.113. The first-order valence-electron chi connectivity index (χ1n) is 7.11. The second-order valence-electron chi connectivity index (χ2n) is 5.08. The van der Waals surface area contributed by atoms with Crippen LogP contribution < -0.4 is 14.8 Å². The quantitative estimate of drug-likeness (QED) is 0.695. The summed E-state index contributed by atoms with van der Waals surface area (Å²) in [5.74, 6) is 0.354. The van der Waals surface area contributed by atoms with E-state index in [0.29, 0.717) is 22.1 Å². The summed E-state index contributed by atoms with van der Waals surface area (Å²) in [4.78, 5) is 13.0. The Bertz CT molecular complexity index is 855. The van der Waals surface area contributed by atoms with Crippen molar-refractivity contribution in [2.75, 3.05) is 29.2 Å². The zero-order chi connectivity index (χ0) is 18.4. The van der Waals surface area contributed by atoms with Gasteiger partial charge >= 0.3 is 0 Å². The van der Waals surface area contributed by atoms with Gasteiger partial charge in [0, 0.05) is 21.7 Å². The van der Waals surface area contributed by atoms with Crippen molar-refractivity contribution in [2.45, 2.75) is 4.90 Å². The summed E-state index contributed by atoms with van der Waals surface area (Å²) in [5.41, 5.74) is 0.816. The first-order valence-corrected chi connectivity index (χ1v) is 10.4. The van der Waals surface area contributed by atoms with Crippen molar-refractivity contribution in [2.24, 2.45) is 0 Å². The number of hydrogen-bond acceptors (Lipinski definition) is 5. The van der Waals surface area contributed by atoms with Crippen molar-refractivity contribution < 1.29 is 17.9 Å². The van der Waals surface area contributed by atoms with Gasteiger partial charge in [-0.1, -0.05) is 11.6 Å². The summed E-state index contributed by atoms with van der Waals surface area (Å²) < 4.78 is 30.2. The molecule has 2 aromatic rings. The maximum absolute atomic E-state index is 12.1. The molecule has 0 aliphatic rings. The molecule has 25 heavy (non-hydrogen) atoms. The summed E-state index contributed by atoms with van der Waals surface area (Å²) in [6.45, 7) is 0. The molecule has 0 bridgehead atoms. The molecule has 0 fully saturated rings. The number of benzene rings is 2. The van der Waals surface area contributed by atoms with E-state index < -0.39 is 10.0 Å². The van der Waals surface area contributed by atoms with E-state index >= 15 is 0 Å². The summed E-state index contributed by atoms with van der Waals surface area (Å²) in [6.07, 6.45) is 1.05. The molecule has 0 unspecified atom stereocenters. The van der Waals surface area contributed by atoms with Gasteiger partial charge in [0.05, 0.1) is 24.8 Å². The van der Waals surface area contributed by atoms with Gasteiger partial charge in [0.25, 0.3) is 0 Å². The molecule has 1 amide bonds. The highest BCUT2D eigenvalue weighted by molar-refractivity contribution is 8.00. The smallest absolute Gasteiger partial charge is 0.234 e. The molecule has 2 N–H and O–H groups in total. The summed E-state index contributed by atoms with van der Waals surface area (Å²) >= 11 is 7.20. The minimum Gasteiger partial charge on any atom is -0.494 e. The van der Waals surface area contributed by atoms with Crippen LogP contribution in [0.25, 0.3) is 0 Å². The second-order valence-corrected chi connectivity index (χ2v) is 8.31. The predicted octanol–water partition coefficient (Wildman–Crippen LogP) is 3.45. The Labute approximate surface area is 156 Å². The number of ether oxygens (including phenoxy) is 1. The molecule has 9 heteroatoms. The standard InChI is InChI=1S/C16H17ClN2O4S2/c1-23-15-9-12(5-8-14(15)19-25(2,21)22)18-16(20)10-24-13-6-3-11(17)4-7-13/h3-9,19H,10H2,1-2H3,(H,18,20). The van der Waals surface area contributed by atoms with Crippen LogP contribution in [0.2, 0.25) is 5.02 Å². The third-order valence-electron chi connectivity index (χ3n) is 2.96. The van der Waals surface area contributed by atoms with Crippen LogP contribution >= 0.6 is 23.4 Å². The number of amides is 1. The molecule has 134 valence electrons. The molecule has 0 aliphatic heterocycles. The Balaban J connectivity index is 1.99. The lowest BCUT2D eigenvalue weighted by atomic mass is 10.2. The van der Waals surface area contributed by atoms with E-state index in [0.717, 1.165) is 11.2 Å². The van der Waals surface area contributed by atoms with Crippen molar-refractivity contribution in [3.05, 3.63) is 47.5 Å². The number of carbonyl (C=O) groups excluding carboxylic acids is 1. The fourth-order valence-electron chi connectivity index (χ4n) is 1.93. The molecule has 0 aromatic heterocycles. The second kappa shape index (κ2) is 8.46. The number of hydrogen-bond donors (Lipinski definition) is 2. The van der Waals surface area contributed by atoms with Gasteiger partial charge in [0.1, 0.15) is 5.75 Å². The number of methoxy groups -OCH3 is 1. The molecular formula is C16H17ClN2O4S2. The molecule has 0 heterocycles. The largest absolute Gasteiger partial charge is 0.494 e. The SMILES string of the molecule is COc1cc(NC(=O)CSc2ccc(Cl)cc2)ccc1NS(C)(=O)=O. The Morgan fingerprint density at radius 3 is 2.48 bits per heavy atom. The molecule has 6 nitrogen and oxygen atoms in total. The van der Waals surface area contributed by atoms with Crippen LogP contribution in [0, 0.1) is 0 Å². The summed E-state index contributed by atoms with van der Waals surface area (Å²) in [7, 11) is -2.00. The third kappa shape index (κ3) is 6.49. The van der Waals surface area contributed by atoms with Crippen LogP contribution in [0.1, 0.15) is 0 Å². The van der Waals surface area contributed by atoms with Crippen molar-refractivity contribution >= 4 is 50.7 Å². The fraction of sp³-hybridized carbons (Fsp3) is 0.188. The molecule has 2 rings (SSSR count). The van der Waals surface area contributed by atoms with Crippen LogP contribution in [0.15, 0.2) is 47.4 Å². The van der Waals surface area contributed by atoms with Crippen LogP contribution in [-0.4, -0.2) is 33.4 Å². The molecule has 0 saturated carbocycles. The molecular weight excluding hydrogens is 384 g/mol. The van der Waals surface area contributed by atoms with Gasteiger partial charge in [0.15, 0.2) is 0 Å². The minimum absolute atomic E-state index is 0.189. The predicted molar refractivity (Wildman–Crippen MR) is 102 cm³/mol. The van der Waals surface area contributed by atoms with E-state index in [1.165, 1.54) is 24.9 Å². The van der Waals surface area contributed by atoms with Gasteiger partial charge in [-0.25, -0.2) is 8.42 Å². The van der Waals surface area contributed by atoms with E-state index in [4.69, 9.17) is 16.3 Å². The maximum Gasteiger partial charge on any atom is 0.234 e. The summed E-state index contributed by atoms with van der Waals surface area (Å²) in [6, 6.07) is 11.9. The van der Waals surface area contributed by atoms with E-state index in [1.54, 1.807) is 24.3 Å². The molecule has 2 aromatic carbocycles. The number of rotatable bonds is 7. The van der Waals surface area contributed by atoms with Crippen molar-refractivity contribution in [3.63, 3.8) is 0 Å². The number of carbonyl (C=O) groups is 1. The molecule has 0 radical (unpaired) electrons. The van der Waals surface area contributed by atoms with Gasteiger partial charge in [0.2, 0.25) is 15.9 Å². The topological polar surface area (TPSA) is 84.5 Å². The average Bonchev–Trinajstić information content (AvgIpc) is 2.54. The highest BCUT2D eigenvalue weighted by Crippen LogP contribution is 2.29. The first kappa shape index (κ1) is 19.4. The number of anilines is 2. The maximum atomic E-state index is 12.1. The minimum atomic E-state index is -3.42. The zero-order valence-corrected chi connectivity index (χ0v) is 16.0. The molecule has 0 atom stereocenters. The van der Waals surface area contributed by atoms with Gasteiger partial charge in [-0.2, -0.15) is 0 Å². The van der Waals surface area contributed by atoms with Crippen molar-refractivity contribution in [3.8, 4) is 5.75 Å². The molecule has 0 spiro atoms. The normalized spacial score (nSPS) is 11.0. The monoisotopic (exact) mass is 400 g/mol. The van der Waals surface area contributed by atoms with Crippen LogP contribution in [0.5, 0.6) is 5.75 Å². The average molecular weight is 401 g/mol. The van der Waals surface area contributed by atoms with Gasteiger partial charge < -0.3 is 10.1 Å². The van der Waals surface area contributed by atoms with E-state index in [1.807, 2.05) is 12.1 Å². The van der Waals surface area contributed by atoms with Gasteiger partial charge in [-0.15, -0.1) is 11.8 Å². The van der Waals surface area contributed by atoms with E-state index in [9.17, 15) is 13.2 Å². The Morgan fingerprint density at radius 1 is 1.20 bits per heavy atom. The van der Waals surface area contributed by atoms with Gasteiger partial charge in [-0.05, 0) is 36.4 Å². The summed E-state index contributed by atoms with van der Waals surface area (Å²) in [5, 5.41) is 3.39.